The van der Waals surface area contributed by atoms with E-state index in [0.29, 0.717) is 51.0 Å². The van der Waals surface area contributed by atoms with Crippen LogP contribution in [0.4, 0.5) is 5.69 Å². The van der Waals surface area contributed by atoms with Crippen molar-refractivity contribution in [2.24, 2.45) is 11.8 Å². The van der Waals surface area contributed by atoms with E-state index in [1.54, 1.807) is 23.1 Å². The van der Waals surface area contributed by atoms with Gasteiger partial charge in [0.2, 0.25) is 11.8 Å². The van der Waals surface area contributed by atoms with Gasteiger partial charge in [-0.25, -0.2) is 0 Å². The number of carbonyl (C=O) groups is 3. The van der Waals surface area contributed by atoms with E-state index in [9.17, 15) is 14.4 Å². The Morgan fingerprint density at radius 3 is 2.46 bits per heavy atom. The van der Waals surface area contributed by atoms with Crippen molar-refractivity contribution in [3.63, 3.8) is 0 Å². The summed E-state index contributed by atoms with van der Waals surface area (Å²) >= 11 is 13.4. The Labute approximate surface area is 292 Å². The topological polar surface area (TPSA) is 95.3 Å². The number of nitrogens with zero attached hydrogens (tertiary/aromatic N) is 3. The average Bonchev–Trinajstić information content (AvgIpc) is 3.71. The second-order valence-corrected chi connectivity index (χ2v) is 14.9. The molecule has 258 valence electrons. The van der Waals surface area contributed by atoms with E-state index in [4.69, 9.17) is 32.4 Å². The highest BCUT2D eigenvalue weighted by molar-refractivity contribution is 6.36. The normalized spacial score (nSPS) is 23.8. The molecule has 1 aromatic heterocycles. The van der Waals surface area contributed by atoms with E-state index in [1.807, 2.05) is 37.2 Å². The number of fused-ring (bicyclic) bond motifs is 1. The molecule has 2 aliphatic heterocycles. The Balaban J connectivity index is 1.12. The van der Waals surface area contributed by atoms with Gasteiger partial charge in [-0.05, 0) is 87.7 Å². The number of piperidine rings is 1. The van der Waals surface area contributed by atoms with Gasteiger partial charge in [-0.3, -0.25) is 19.3 Å². The number of para-hydroxylation sites is 1. The lowest BCUT2D eigenvalue weighted by Crippen LogP contribution is -2.46. The SMILES string of the molecule is CC1CCC(OC[C@@H]2C[C@H](N3CCC(C(=O)N(C)C)CC3)CN2C(=O)Cc2cc(Cl)c(NC(=O)c3coc4ccccc34)cc2Cl)CC1. The molecule has 1 aliphatic carbocycles. The molecular weight excluding hydrogens is 651 g/mol. The van der Waals surface area contributed by atoms with Gasteiger partial charge in [0.25, 0.3) is 5.91 Å². The van der Waals surface area contributed by atoms with Crippen molar-refractivity contribution in [2.45, 2.75) is 76.5 Å². The third kappa shape index (κ3) is 7.85. The third-order valence-electron chi connectivity index (χ3n) is 10.5. The van der Waals surface area contributed by atoms with Crippen molar-refractivity contribution in [2.75, 3.05) is 45.7 Å². The lowest BCUT2D eigenvalue weighted by molar-refractivity contribution is -0.134. The van der Waals surface area contributed by atoms with Gasteiger partial charge in [-0.1, -0.05) is 48.3 Å². The molecule has 0 bridgehead atoms. The summed E-state index contributed by atoms with van der Waals surface area (Å²) in [6, 6.07) is 10.7. The highest BCUT2D eigenvalue weighted by atomic mass is 35.5. The van der Waals surface area contributed by atoms with Crippen molar-refractivity contribution in [1.29, 1.82) is 0 Å². The zero-order valence-electron chi connectivity index (χ0n) is 28.1. The van der Waals surface area contributed by atoms with Gasteiger partial charge in [0.15, 0.2) is 0 Å². The molecular formula is C37H46Cl2N4O5. The lowest BCUT2D eigenvalue weighted by atomic mass is 9.89. The first kappa shape index (κ1) is 34.7. The molecule has 2 aromatic carbocycles. The van der Waals surface area contributed by atoms with Gasteiger partial charge in [0, 0.05) is 43.0 Å². The van der Waals surface area contributed by atoms with Crippen LogP contribution in [0.1, 0.15) is 67.8 Å². The zero-order chi connectivity index (χ0) is 33.9. The van der Waals surface area contributed by atoms with Gasteiger partial charge in [-0.2, -0.15) is 0 Å². The summed E-state index contributed by atoms with van der Waals surface area (Å²) in [5.74, 6) is 0.600. The summed E-state index contributed by atoms with van der Waals surface area (Å²) in [5, 5.41) is 4.19. The van der Waals surface area contributed by atoms with Crippen LogP contribution in [0.3, 0.4) is 0 Å². The van der Waals surface area contributed by atoms with Gasteiger partial charge < -0.3 is 24.3 Å². The number of carbonyl (C=O) groups excluding carboxylic acids is 3. The monoisotopic (exact) mass is 696 g/mol. The summed E-state index contributed by atoms with van der Waals surface area (Å²) in [4.78, 5) is 45.8. The van der Waals surface area contributed by atoms with Crippen molar-refractivity contribution < 1.29 is 23.5 Å². The van der Waals surface area contributed by atoms with Crippen LogP contribution in [0, 0.1) is 11.8 Å². The summed E-state index contributed by atoms with van der Waals surface area (Å²) in [6.07, 6.45) is 8.72. The number of halogens is 2. The molecule has 3 aromatic rings. The smallest absolute Gasteiger partial charge is 0.259 e. The Morgan fingerprint density at radius 2 is 1.73 bits per heavy atom. The number of likely N-dealkylation sites (tertiary alicyclic amines) is 2. The van der Waals surface area contributed by atoms with Crippen molar-refractivity contribution in [3.8, 4) is 0 Å². The molecule has 48 heavy (non-hydrogen) atoms. The third-order valence-corrected chi connectivity index (χ3v) is 11.2. The number of benzene rings is 2. The van der Waals surface area contributed by atoms with Crippen LogP contribution in [-0.2, 0) is 20.7 Å². The maximum atomic E-state index is 14.0. The molecule has 1 saturated carbocycles. The molecule has 0 spiro atoms. The number of ether oxygens (including phenoxy) is 1. The molecule has 3 heterocycles. The second kappa shape index (κ2) is 15.2. The summed E-state index contributed by atoms with van der Waals surface area (Å²) in [6.45, 7) is 5.10. The van der Waals surface area contributed by atoms with Crippen LogP contribution < -0.4 is 5.32 Å². The molecule has 6 rings (SSSR count). The molecule has 0 unspecified atom stereocenters. The predicted octanol–water partition coefficient (Wildman–Crippen LogP) is 6.90. The van der Waals surface area contributed by atoms with E-state index in [-0.39, 0.29) is 48.2 Å². The van der Waals surface area contributed by atoms with E-state index < -0.39 is 0 Å². The fraction of sp³-hybridized carbons (Fsp3) is 0.541. The second-order valence-electron chi connectivity index (χ2n) is 14.0. The minimum absolute atomic E-state index is 0.0272. The first-order chi connectivity index (χ1) is 23.1. The number of nitrogens with one attached hydrogen (secondary N) is 1. The molecule has 2 saturated heterocycles. The zero-order valence-corrected chi connectivity index (χ0v) is 29.6. The van der Waals surface area contributed by atoms with Crippen LogP contribution in [0.5, 0.6) is 0 Å². The van der Waals surface area contributed by atoms with Crippen molar-refractivity contribution >= 4 is 57.6 Å². The van der Waals surface area contributed by atoms with Crippen LogP contribution in [-0.4, -0.2) is 90.9 Å². The fourth-order valence-corrected chi connectivity index (χ4v) is 8.03. The Hall–Kier alpha value is -3.11. The molecule has 0 radical (unpaired) electrons. The minimum Gasteiger partial charge on any atom is -0.463 e. The predicted molar refractivity (Wildman–Crippen MR) is 189 cm³/mol. The van der Waals surface area contributed by atoms with Gasteiger partial charge in [-0.15, -0.1) is 0 Å². The van der Waals surface area contributed by atoms with E-state index in [0.717, 1.165) is 51.1 Å². The van der Waals surface area contributed by atoms with Crippen molar-refractivity contribution in [1.82, 2.24) is 14.7 Å². The Morgan fingerprint density at radius 1 is 1.00 bits per heavy atom. The standard InChI is InChI=1S/C37H46Cl2N4O5/c1-23-8-10-28(11-9-23)47-21-27-18-26(42-14-12-24(13-15-42)37(46)41(2)3)20-43(27)35(44)17-25-16-32(39)33(19-31(25)38)40-36(45)30-22-48-34-7-5-4-6-29(30)34/h4-7,16,19,22-24,26-28H,8-15,17-18,20-21H2,1-3H3,(H,40,45)/t23?,26-,27-,28?/m0/s1. The largest absolute Gasteiger partial charge is 0.463 e. The molecule has 3 amide bonds. The fourth-order valence-electron chi connectivity index (χ4n) is 7.57. The van der Waals surface area contributed by atoms with Crippen LogP contribution in [0.2, 0.25) is 10.0 Å². The number of furan rings is 1. The molecule has 2 atom stereocenters. The average molecular weight is 698 g/mol. The maximum absolute atomic E-state index is 14.0. The summed E-state index contributed by atoms with van der Waals surface area (Å²) in [7, 11) is 3.64. The van der Waals surface area contributed by atoms with E-state index in [2.05, 4.69) is 17.1 Å². The highest BCUT2D eigenvalue weighted by Crippen LogP contribution is 2.34. The van der Waals surface area contributed by atoms with Crippen LogP contribution >= 0.6 is 23.2 Å². The quantitative estimate of drug-likeness (QED) is 0.262. The summed E-state index contributed by atoms with van der Waals surface area (Å²) in [5.41, 5.74) is 1.97. The molecule has 3 aliphatic rings. The maximum Gasteiger partial charge on any atom is 0.259 e. The number of hydrogen-bond donors (Lipinski definition) is 1. The van der Waals surface area contributed by atoms with Gasteiger partial charge in [0.1, 0.15) is 11.8 Å². The van der Waals surface area contributed by atoms with Gasteiger partial charge >= 0.3 is 0 Å². The Bertz CT molecular complexity index is 1630. The first-order valence-electron chi connectivity index (χ1n) is 17.2. The molecule has 9 nitrogen and oxygen atoms in total. The van der Waals surface area contributed by atoms with Gasteiger partial charge in [0.05, 0.1) is 41.4 Å². The van der Waals surface area contributed by atoms with Crippen LogP contribution in [0.15, 0.2) is 47.1 Å². The highest BCUT2D eigenvalue weighted by Gasteiger charge is 2.40. The lowest BCUT2D eigenvalue weighted by Gasteiger charge is -2.36. The number of rotatable bonds is 9. The van der Waals surface area contributed by atoms with Crippen molar-refractivity contribution in [3.05, 3.63) is 63.8 Å². The number of amides is 3. The Kier molecular flexibility index (Phi) is 11.0. The molecule has 3 fully saturated rings. The summed E-state index contributed by atoms with van der Waals surface area (Å²) < 4.78 is 12.0. The van der Waals surface area contributed by atoms with E-state index in [1.165, 1.54) is 19.1 Å². The number of hydrogen-bond acceptors (Lipinski definition) is 6. The first-order valence-corrected chi connectivity index (χ1v) is 17.9. The van der Waals surface area contributed by atoms with E-state index >= 15 is 0 Å². The minimum atomic E-state index is -0.366. The molecule has 1 N–H and O–H groups in total. The van der Waals surface area contributed by atoms with Crippen LogP contribution in [0.25, 0.3) is 11.0 Å². The molecule has 11 heteroatoms. The number of anilines is 1.